The largest absolute Gasteiger partial charge is 0.294 e. The Bertz CT molecular complexity index is 573. The number of aryl methyl sites for hydroxylation is 2. The number of carbonyl (C=O) groups excluding carboxylic acids is 1. The highest BCUT2D eigenvalue weighted by molar-refractivity contribution is 7.99. The van der Waals surface area contributed by atoms with Crippen LogP contribution in [0.4, 0.5) is 0 Å². The van der Waals surface area contributed by atoms with Crippen LogP contribution in [0.25, 0.3) is 0 Å². The Labute approximate surface area is 117 Å². The van der Waals surface area contributed by atoms with E-state index >= 15 is 0 Å². The number of ketones is 1. The number of hydrogen-bond donors (Lipinski definition) is 0. The first kappa shape index (κ1) is 13.7. The van der Waals surface area contributed by atoms with Crippen LogP contribution in [-0.2, 0) is 0 Å². The number of Topliss-reactive ketones (excluding diaryl/α,β-unsaturated/α-hetero) is 1. The number of hydrogen-bond acceptors (Lipinski definition) is 4. The molecule has 2 rings (SSSR count). The number of nitrogens with zero attached hydrogens (tertiary/aromatic N) is 2. The molecule has 1 heterocycles. The Balaban J connectivity index is 2.17. The molecule has 0 radical (unpaired) electrons. The average molecular weight is 272 g/mol. The molecule has 3 nitrogen and oxygen atoms in total. The van der Waals surface area contributed by atoms with E-state index < -0.39 is 0 Å². The van der Waals surface area contributed by atoms with Gasteiger partial charge in [-0.05, 0) is 43.8 Å². The smallest absolute Gasteiger partial charge is 0.192 e. The second-order valence-electron chi connectivity index (χ2n) is 4.34. The summed E-state index contributed by atoms with van der Waals surface area (Å²) in [6, 6.07) is 9.55. The molecule has 1 aromatic heterocycles. The minimum Gasteiger partial charge on any atom is -0.294 e. The SMILES string of the molecule is CCC(=O)c1ccc(Sc2nc(C)cc(C)n2)cc1. The molecule has 19 heavy (non-hydrogen) atoms. The van der Waals surface area contributed by atoms with E-state index in [9.17, 15) is 4.79 Å². The molecule has 0 amide bonds. The Morgan fingerprint density at radius 1 is 1.11 bits per heavy atom. The van der Waals surface area contributed by atoms with Crippen molar-refractivity contribution in [2.75, 3.05) is 0 Å². The van der Waals surface area contributed by atoms with Crippen LogP contribution in [-0.4, -0.2) is 15.8 Å². The maximum Gasteiger partial charge on any atom is 0.192 e. The van der Waals surface area contributed by atoms with Crippen molar-refractivity contribution in [3.8, 4) is 0 Å². The molecular weight excluding hydrogens is 256 g/mol. The normalized spacial score (nSPS) is 10.5. The summed E-state index contributed by atoms with van der Waals surface area (Å²) in [7, 11) is 0. The Kier molecular flexibility index (Phi) is 4.32. The first-order valence-corrected chi connectivity index (χ1v) is 7.03. The van der Waals surface area contributed by atoms with Crippen molar-refractivity contribution in [3.63, 3.8) is 0 Å². The predicted octanol–water partition coefficient (Wildman–Crippen LogP) is 3.84. The molecule has 0 N–H and O–H groups in total. The maximum absolute atomic E-state index is 11.5. The first-order valence-electron chi connectivity index (χ1n) is 6.22. The van der Waals surface area contributed by atoms with Gasteiger partial charge in [-0.3, -0.25) is 4.79 Å². The lowest BCUT2D eigenvalue weighted by Gasteiger charge is -2.04. The van der Waals surface area contributed by atoms with Crippen LogP contribution in [0.1, 0.15) is 35.1 Å². The third kappa shape index (κ3) is 3.64. The molecule has 1 aromatic carbocycles. The quantitative estimate of drug-likeness (QED) is 0.626. The van der Waals surface area contributed by atoms with Gasteiger partial charge in [0.05, 0.1) is 0 Å². The van der Waals surface area contributed by atoms with Gasteiger partial charge in [-0.25, -0.2) is 9.97 Å². The lowest BCUT2D eigenvalue weighted by molar-refractivity contribution is 0.0988. The van der Waals surface area contributed by atoms with Gasteiger partial charge in [0.15, 0.2) is 10.9 Å². The molecule has 0 atom stereocenters. The zero-order valence-electron chi connectivity index (χ0n) is 11.3. The predicted molar refractivity (Wildman–Crippen MR) is 76.7 cm³/mol. The van der Waals surface area contributed by atoms with Gasteiger partial charge in [-0.15, -0.1) is 0 Å². The van der Waals surface area contributed by atoms with Crippen molar-refractivity contribution in [2.24, 2.45) is 0 Å². The fourth-order valence-corrected chi connectivity index (χ4v) is 2.62. The molecule has 0 aliphatic carbocycles. The van der Waals surface area contributed by atoms with Crippen LogP contribution < -0.4 is 0 Å². The fourth-order valence-electron chi connectivity index (χ4n) is 1.76. The van der Waals surface area contributed by atoms with Gasteiger partial charge in [0.2, 0.25) is 0 Å². The van der Waals surface area contributed by atoms with Crippen molar-refractivity contribution in [1.29, 1.82) is 0 Å². The van der Waals surface area contributed by atoms with Crippen molar-refractivity contribution >= 4 is 17.5 Å². The van der Waals surface area contributed by atoms with Crippen molar-refractivity contribution < 1.29 is 4.79 Å². The summed E-state index contributed by atoms with van der Waals surface area (Å²) in [5.74, 6) is 0.166. The Morgan fingerprint density at radius 2 is 1.68 bits per heavy atom. The third-order valence-electron chi connectivity index (χ3n) is 2.67. The molecular formula is C15H16N2OS. The summed E-state index contributed by atoms with van der Waals surface area (Å²) >= 11 is 1.51. The van der Waals surface area contributed by atoms with E-state index in [0.29, 0.717) is 6.42 Å². The molecule has 98 valence electrons. The van der Waals surface area contributed by atoms with Gasteiger partial charge in [0, 0.05) is 28.3 Å². The monoisotopic (exact) mass is 272 g/mol. The third-order valence-corrected chi connectivity index (χ3v) is 3.54. The van der Waals surface area contributed by atoms with Crippen LogP contribution in [0.15, 0.2) is 40.4 Å². The average Bonchev–Trinajstić information content (AvgIpc) is 2.37. The molecule has 0 saturated carbocycles. The molecule has 0 unspecified atom stereocenters. The van der Waals surface area contributed by atoms with Gasteiger partial charge >= 0.3 is 0 Å². The second-order valence-corrected chi connectivity index (χ2v) is 5.38. The van der Waals surface area contributed by atoms with Gasteiger partial charge < -0.3 is 0 Å². The zero-order valence-corrected chi connectivity index (χ0v) is 12.1. The van der Waals surface area contributed by atoms with Gasteiger partial charge in [0.25, 0.3) is 0 Å². The molecule has 0 aliphatic rings. The minimum absolute atomic E-state index is 0.166. The highest BCUT2D eigenvalue weighted by Gasteiger charge is 2.05. The van der Waals surface area contributed by atoms with E-state index in [1.165, 1.54) is 11.8 Å². The summed E-state index contributed by atoms with van der Waals surface area (Å²) < 4.78 is 0. The van der Waals surface area contributed by atoms with E-state index in [-0.39, 0.29) is 5.78 Å². The topological polar surface area (TPSA) is 42.9 Å². The summed E-state index contributed by atoms with van der Waals surface area (Å²) in [4.78, 5) is 21.4. The lowest BCUT2D eigenvalue weighted by Crippen LogP contribution is -1.96. The molecule has 4 heteroatoms. The van der Waals surface area contributed by atoms with Gasteiger partial charge in [-0.2, -0.15) is 0 Å². The van der Waals surface area contributed by atoms with Crippen LogP contribution in [0.5, 0.6) is 0 Å². The fraction of sp³-hybridized carbons (Fsp3) is 0.267. The van der Waals surface area contributed by atoms with Crippen molar-refractivity contribution in [1.82, 2.24) is 9.97 Å². The Hall–Kier alpha value is -1.68. The van der Waals surface area contributed by atoms with Crippen LogP contribution in [0.2, 0.25) is 0 Å². The molecule has 2 aromatic rings. The molecule has 0 fully saturated rings. The number of aromatic nitrogens is 2. The molecule has 0 aliphatic heterocycles. The molecule has 0 saturated heterocycles. The van der Waals surface area contributed by atoms with Crippen LogP contribution in [0, 0.1) is 13.8 Å². The van der Waals surface area contributed by atoms with Crippen molar-refractivity contribution in [3.05, 3.63) is 47.3 Å². The van der Waals surface area contributed by atoms with Crippen molar-refractivity contribution in [2.45, 2.75) is 37.2 Å². The Morgan fingerprint density at radius 3 is 2.21 bits per heavy atom. The molecule has 0 spiro atoms. The first-order chi connectivity index (χ1) is 9.08. The van der Waals surface area contributed by atoms with E-state index in [1.807, 2.05) is 51.1 Å². The van der Waals surface area contributed by atoms with E-state index in [0.717, 1.165) is 27.0 Å². The molecule has 0 bridgehead atoms. The highest BCUT2D eigenvalue weighted by atomic mass is 32.2. The summed E-state index contributed by atoms with van der Waals surface area (Å²) in [5.41, 5.74) is 2.69. The highest BCUT2D eigenvalue weighted by Crippen LogP contribution is 2.25. The standard InChI is InChI=1S/C15H16N2OS/c1-4-14(18)12-5-7-13(8-6-12)19-15-16-10(2)9-11(3)17-15/h5-9H,4H2,1-3H3. The van der Waals surface area contributed by atoms with Crippen LogP contribution >= 0.6 is 11.8 Å². The summed E-state index contributed by atoms with van der Waals surface area (Å²) in [5, 5.41) is 0.743. The van der Waals surface area contributed by atoms with Gasteiger partial charge in [0.1, 0.15) is 0 Å². The zero-order chi connectivity index (χ0) is 13.8. The van der Waals surface area contributed by atoms with Gasteiger partial charge in [-0.1, -0.05) is 19.1 Å². The van der Waals surface area contributed by atoms with Crippen LogP contribution in [0.3, 0.4) is 0 Å². The maximum atomic E-state index is 11.5. The van der Waals surface area contributed by atoms with E-state index in [2.05, 4.69) is 9.97 Å². The summed E-state index contributed by atoms with van der Waals surface area (Å²) in [6.07, 6.45) is 0.534. The van der Waals surface area contributed by atoms with E-state index in [4.69, 9.17) is 0 Å². The second kappa shape index (κ2) is 5.97. The van der Waals surface area contributed by atoms with E-state index in [1.54, 1.807) is 0 Å². The number of carbonyl (C=O) groups is 1. The summed E-state index contributed by atoms with van der Waals surface area (Å²) in [6.45, 7) is 5.79. The number of benzene rings is 1. The lowest BCUT2D eigenvalue weighted by atomic mass is 10.1. The minimum atomic E-state index is 0.166. The number of rotatable bonds is 4.